The van der Waals surface area contributed by atoms with Gasteiger partial charge in [0.15, 0.2) is 0 Å². The second-order valence-electron chi connectivity index (χ2n) is 4.08. The van der Waals surface area contributed by atoms with Crippen molar-refractivity contribution in [3.8, 4) is 0 Å². The van der Waals surface area contributed by atoms with Gasteiger partial charge in [0.1, 0.15) is 0 Å². The molecule has 2 nitrogen and oxygen atoms in total. The van der Waals surface area contributed by atoms with Crippen molar-refractivity contribution in [3.05, 3.63) is 33.8 Å². The zero-order valence-electron chi connectivity index (χ0n) is 8.96. The van der Waals surface area contributed by atoms with Crippen LogP contribution in [0.5, 0.6) is 0 Å². The van der Waals surface area contributed by atoms with Crippen molar-refractivity contribution in [2.45, 2.75) is 26.7 Å². The predicted molar refractivity (Wildman–Crippen MR) is 64.0 cm³/mol. The largest absolute Gasteiger partial charge is 0.481 e. The molecule has 0 radical (unpaired) electrons. The Morgan fingerprint density at radius 3 is 2.60 bits per heavy atom. The second kappa shape index (κ2) is 5.31. The van der Waals surface area contributed by atoms with E-state index in [9.17, 15) is 4.79 Å². The first-order valence-electron chi connectivity index (χ1n) is 4.98. The van der Waals surface area contributed by atoms with E-state index in [1.54, 1.807) is 0 Å². The molecule has 0 saturated carbocycles. The molecule has 0 unspecified atom stereocenters. The zero-order valence-corrected chi connectivity index (χ0v) is 10.5. The fourth-order valence-electron chi connectivity index (χ4n) is 1.56. The molecule has 1 aromatic carbocycles. The van der Waals surface area contributed by atoms with Crippen LogP contribution in [-0.4, -0.2) is 11.1 Å². The third-order valence-corrected chi connectivity index (χ3v) is 2.63. The van der Waals surface area contributed by atoms with Gasteiger partial charge in [0.2, 0.25) is 0 Å². The number of carboxylic acid groups (broad SMARTS) is 1. The van der Waals surface area contributed by atoms with Crippen LogP contribution in [0.2, 0.25) is 0 Å². The number of carboxylic acids is 1. The van der Waals surface area contributed by atoms with Crippen LogP contribution in [0.4, 0.5) is 0 Å². The molecule has 0 amide bonds. The smallest absolute Gasteiger partial charge is 0.307 e. The van der Waals surface area contributed by atoms with E-state index >= 15 is 0 Å². The maximum atomic E-state index is 10.7. The minimum absolute atomic E-state index is 0.106. The van der Waals surface area contributed by atoms with E-state index in [-0.39, 0.29) is 6.42 Å². The van der Waals surface area contributed by atoms with E-state index in [0.717, 1.165) is 22.0 Å². The lowest BCUT2D eigenvalue weighted by molar-refractivity contribution is -0.136. The summed E-state index contributed by atoms with van der Waals surface area (Å²) in [7, 11) is 0. The fraction of sp³-hybridized carbons (Fsp3) is 0.417. The van der Waals surface area contributed by atoms with Crippen molar-refractivity contribution in [1.29, 1.82) is 0 Å². The standard InChI is InChI=1S/C12H15BrO2/c1-8(2)5-10-6-11(13)4-3-9(10)7-12(14)15/h3-4,6,8H,5,7H2,1-2H3,(H,14,15). The summed E-state index contributed by atoms with van der Waals surface area (Å²) in [6.45, 7) is 4.26. The highest BCUT2D eigenvalue weighted by Gasteiger charge is 2.08. The van der Waals surface area contributed by atoms with Gasteiger partial charge in [0, 0.05) is 4.47 Å². The molecule has 82 valence electrons. The van der Waals surface area contributed by atoms with Crippen LogP contribution < -0.4 is 0 Å². The number of aliphatic carboxylic acids is 1. The fourth-order valence-corrected chi connectivity index (χ4v) is 1.97. The van der Waals surface area contributed by atoms with Crippen LogP contribution in [0, 0.1) is 5.92 Å². The Morgan fingerprint density at radius 2 is 2.07 bits per heavy atom. The first-order valence-corrected chi connectivity index (χ1v) is 5.77. The summed E-state index contributed by atoms with van der Waals surface area (Å²) in [4.78, 5) is 10.7. The zero-order chi connectivity index (χ0) is 11.4. The van der Waals surface area contributed by atoms with E-state index in [1.807, 2.05) is 18.2 Å². The Morgan fingerprint density at radius 1 is 1.40 bits per heavy atom. The SMILES string of the molecule is CC(C)Cc1cc(Br)ccc1CC(=O)O. The van der Waals surface area contributed by atoms with Crippen molar-refractivity contribution >= 4 is 21.9 Å². The average molecular weight is 271 g/mol. The number of halogens is 1. The Kier molecular flexibility index (Phi) is 4.33. The molecule has 0 spiro atoms. The number of benzene rings is 1. The molecule has 1 N–H and O–H groups in total. The lowest BCUT2D eigenvalue weighted by atomic mass is 9.96. The summed E-state index contributed by atoms with van der Waals surface area (Å²) >= 11 is 3.41. The minimum atomic E-state index is -0.776. The molecular formula is C12H15BrO2. The molecule has 0 aliphatic rings. The van der Waals surface area contributed by atoms with Crippen molar-refractivity contribution in [2.24, 2.45) is 5.92 Å². The number of hydrogen-bond donors (Lipinski definition) is 1. The van der Waals surface area contributed by atoms with Gasteiger partial charge in [-0.2, -0.15) is 0 Å². The van der Waals surface area contributed by atoms with Crippen molar-refractivity contribution in [3.63, 3.8) is 0 Å². The first kappa shape index (κ1) is 12.2. The molecule has 15 heavy (non-hydrogen) atoms. The lowest BCUT2D eigenvalue weighted by Crippen LogP contribution is -2.05. The van der Waals surface area contributed by atoms with Gasteiger partial charge >= 0.3 is 5.97 Å². The molecule has 0 atom stereocenters. The van der Waals surface area contributed by atoms with Crippen LogP contribution in [0.15, 0.2) is 22.7 Å². The lowest BCUT2D eigenvalue weighted by Gasteiger charge is -2.10. The maximum absolute atomic E-state index is 10.7. The van der Waals surface area contributed by atoms with Crippen LogP contribution in [-0.2, 0) is 17.6 Å². The molecule has 3 heteroatoms. The molecule has 1 aromatic rings. The first-order chi connectivity index (χ1) is 6.99. The Hall–Kier alpha value is -0.830. The highest BCUT2D eigenvalue weighted by atomic mass is 79.9. The van der Waals surface area contributed by atoms with Gasteiger partial charge in [-0.05, 0) is 35.6 Å². The van der Waals surface area contributed by atoms with Gasteiger partial charge in [-0.3, -0.25) is 4.79 Å². The summed E-state index contributed by atoms with van der Waals surface area (Å²) in [5, 5.41) is 8.78. The summed E-state index contributed by atoms with van der Waals surface area (Å²) in [5.74, 6) is -0.242. The number of carbonyl (C=O) groups is 1. The monoisotopic (exact) mass is 270 g/mol. The van der Waals surface area contributed by atoms with Crippen molar-refractivity contribution < 1.29 is 9.90 Å². The third-order valence-electron chi connectivity index (χ3n) is 2.14. The van der Waals surface area contributed by atoms with Gasteiger partial charge in [0.05, 0.1) is 6.42 Å². The molecule has 0 fully saturated rings. The van der Waals surface area contributed by atoms with Gasteiger partial charge < -0.3 is 5.11 Å². The number of rotatable bonds is 4. The van der Waals surface area contributed by atoms with Crippen LogP contribution in [0.25, 0.3) is 0 Å². The van der Waals surface area contributed by atoms with Crippen LogP contribution >= 0.6 is 15.9 Å². The Bertz CT molecular complexity index is 359. The molecule has 0 aliphatic carbocycles. The summed E-state index contributed by atoms with van der Waals surface area (Å²) in [6, 6.07) is 5.79. The van der Waals surface area contributed by atoms with Crippen molar-refractivity contribution in [1.82, 2.24) is 0 Å². The van der Waals surface area contributed by atoms with Gasteiger partial charge in [-0.1, -0.05) is 35.8 Å². The second-order valence-corrected chi connectivity index (χ2v) is 5.00. The van der Waals surface area contributed by atoms with E-state index in [1.165, 1.54) is 0 Å². The number of hydrogen-bond acceptors (Lipinski definition) is 1. The van der Waals surface area contributed by atoms with Gasteiger partial charge in [-0.25, -0.2) is 0 Å². The minimum Gasteiger partial charge on any atom is -0.481 e. The average Bonchev–Trinajstić information content (AvgIpc) is 2.08. The maximum Gasteiger partial charge on any atom is 0.307 e. The highest BCUT2D eigenvalue weighted by Crippen LogP contribution is 2.20. The molecule has 0 saturated heterocycles. The molecule has 0 bridgehead atoms. The van der Waals surface area contributed by atoms with Gasteiger partial charge in [0.25, 0.3) is 0 Å². The predicted octanol–water partition coefficient (Wildman–Crippen LogP) is 3.27. The van der Waals surface area contributed by atoms with E-state index in [4.69, 9.17) is 5.11 Å². The van der Waals surface area contributed by atoms with E-state index < -0.39 is 5.97 Å². The Labute approximate surface area is 98.4 Å². The summed E-state index contributed by atoms with van der Waals surface area (Å²) < 4.78 is 1.01. The van der Waals surface area contributed by atoms with E-state index in [2.05, 4.69) is 29.8 Å². The Balaban J connectivity index is 2.97. The quantitative estimate of drug-likeness (QED) is 0.912. The topological polar surface area (TPSA) is 37.3 Å². The molecular weight excluding hydrogens is 256 g/mol. The highest BCUT2D eigenvalue weighted by molar-refractivity contribution is 9.10. The normalized spacial score (nSPS) is 10.7. The van der Waals surface area contributed by atoms with Crippen LogP contribution in [0.1, 0.15) is 25.0 Å². The van der Waals surface area contributed by atoms with Crippen LogP contribution in [0.3, 0.4) is 0 Å². The molecule has 1 rings (SSSR count). The van der Waals surface area contributed by atoms with E-state index in [0.29, 0.717) is 5.92 Å². The third kappa shape index (κ3) is 4.04. The van der Waals surface area contributed by atoms with Crippen molar-refractivity contribution in [2.75, 3.05) is 0 Å². The molecule has 0 heterocycles. The van der Waals surface area contributed by atoms with Gasteiger partial charge in [-0.15, -0.1) is 0 Å². The summed E-state index contributed by atoms with van der Waals surface area (Å²) in [5.41, 5.74) is 2.04. The molecule has 0 aromatic heterocycles. The summed E-state index contributed by atoms with van der Waals surface area (Å²) in [6.07, 6.45) is 1.03. The molecule has 0 aliphatic heterocycles.